The number of hydrogen-bond acceptors (Lipinski definition) is 4. The maximum atomic E-state index is 11.9. The first-order chi connectivity index (χ1) is 10.7. The van der Waals surface area contributed by atoms with Crippen LogP contribution in [0, 0.1) is 5.92 Å². The Kier molecular flexibility index (Phi) is 6.25. The van der Waals surface area contributed by atoms with Gasteiger partial charge in [-0.3, -0.25) is 9.59 Å². The van der Waals surface area contributed by atoms with Gasteiger partial charge in [-0.25, -0.2) is 0 Å². The highest BCUT2D eigenvalue weighted by Crippen LogP contribution is 2.23. The third-order valence-corrected chi connectivity index (χ3v) is 3.95. The summed E-state index contributed by atoms with van der Waals surface area (Å²) in [5, 5.41) is 2.57. The molecule has 1 N–H and O–H groups in total. The normalized spacial score (nSPS) is 15.1. The molecule has 0 unspecified atom stereocenters. The number of hydrogen-bond donors (Lipinski definition) is 1. The van der Waals surface area contributed by atoms with Gasteiger partial charge in [0.2, 0.25) is 0 Å². The van der Waals surface area contributed by atoms with Gasteiger partial charge in [0.25, 0.3) is 5.91 Å². The predicted octanol–water partition coefficient (Wildman–Crippen LogP) is 2.55. The molecule has 0 saturated heterocycles. The van der Waals surface area contributed by atoms with Gasteiger partial charge in [-0.05, 0) is 43.0 Å². The molecule has 5 heteroatoms. The van der Waals surface area contributed by atoms with Gasteiger partial charge in [-0.2, -0.15) is 0 Å². The largest absolute Gasteiger partial charge is 0.497 e. The summed E-state index contributed by atoms with van der Waals surface area (Å²) in [4.78, 5) is 23.6. The van der Waals surface area contributed by atoms with E-state index in [1.165, 1.54) is 19.3 Å². The van der Waals surface area contributed by atoms with E-state index in [1.807, 2.05) is 0 Å². The van der Waals surface area contributed by atoms with Gasteiger partial charge in [0.05, 0.1) is 13.7 Å². The molecule has 1 fully saturated rings. The molecule has 1 aromatic carbocycles. The van der Waals surface area contributed by atoms with Crippen LogP contribution >= 0.6 is 0 Å². The minimum Gasteiger partial charge on any atom is -0.497 e. The Balaban J connectivity index is 1.69. The summed E-state index contributed by atoms with van der Waals surface area (Å²) in [6, 6.07) is 6.72. The van der Waals surface area contributed by atoms with Crippen LogP contribution in [0.15, 0.2) is 24.3 Å². The van der Waals surface area contributed by atoms with E-state index >= 15 is 0 Å². The standard InChI is InChI=1S/C17H23NO4/c1-21-15-9-7-14(8-10-15)17(20)18-11-16(19)22-12-13-5-3-2-4-6-13/h7-10,13H,2-6,11-12H2,1H3,(H,18,20). The molecule has 0 aliphatic heterocycles. The van der Waals surface area contributed by atoms with Gasteiger partial charge in [0.15, 0.2) is 0 Å². The van der Waals surface area contributed by atoms with E-state index in [0.29, 0.717) is 23.8 Å². The third-order valence-electron chi connectivity index (χ3n) is 3.95. The van der Waals surface area contributed by atoms with Crippen LogP contribution in [0.4, 0.5) is 0 Å². The van der Waals surface area contributed by atoms with E-state index < -0.39 is 0 Å². The first kappa shape index (κ1) is 16.3. The molecule has 0 bridgehead atoms. The number of benzene rings is 1. The second kappa shape index (κ2) is 8.41. The minimum atomic E-state index is -0.382. The zero-order chi connectivity index (χ0) is 15.8. The van der Waals surface area contributed by atoms with E-state index in [4.69, 9.17) is 9.47 Å². The van der Waals surface area contributed by atoms with Crippen molar-refractivity contribution in [3.8, 4) is 5.75 Å². The number of nitrogens with one attached hydrogen (secondary N) is 1. The molecule has 0 radical (unpaired) electrons. The lowest BCUT2D eigenvalue weighted by molar-refractivity contribution is -0.144. The molecule has 0 heterocycles. The Morgan fingerprint density at radius 3 is 2.45 bits per heavy atom. The fourth-order valence-electron chi connectivity index (χ4n) is 2.61. The second-order valence-corrected chi connectivity index (χ2v) is 5.60. The molecule has 1 aromatic rings. The monoisotopic (exact) mass is 305 g/mol. The van der Waals surface area contributed by atoms with E-state index in [0.717, 1.165) is 12.8 Å². The van der Waals surface area contributed by atoms with Crippen LogP contribution in [0.25, 0.3) is 0 Å². The summed E-state index contributed by atoms with van der Waals surface area (Å²) < 4.78 is 10.3. The summed E-state index contributed by atoms with van der Waals surface area (Å²) in [5.74, 6) is 0.489. The minimum absolute atomic E-state index is 0.0996. The maximum Gasteiger partial charge on any atom is 0.325 e. The molecule has 1 aliphatic carbocycles. The van der Waals surface area contributed by atoms with Crippen molar-refractivity contribution in [3.05, 3.63) is 29.8 Å². The Morgan fingerprint density at radius 1 is 1.14 bits per heavy atom. The number of ether oxygens (including phenoxy) is 2. The molecule has 120 valence electrons. The Morgan fingerprint density at radius 2 is 1.82 bits per heavy atom. The molecule has 1 saturated carbocycles. The number of carbonyl (C=O) groups is 2. The summed E-state index contributed by atoms with van der Waals surface area (Å²) in [5.41, 5.74) is 0.487. The highest BCUT2D eigenvalue weighted by molar-refractivity contribution is 5.95. The van der Waals surface area contributed by atoms with Crippen molar-refractivity contribution in [2.75, 3.05) is 20.3 Å². The summed E-state index contributed by atoms with van der Waals surface area (Å²) in [6.45, 7) is 0.370. The predicted molar refractivity (Wildman–Crippen MR) is 82.9 cm³/mol. The van der Waals surface area contributed by atoms with Crippen LogP contribution in [0.2, 0.25) is 0 Å². The van der Waals surface area contributed by atoms with E-state index in [2.05, 4.69) is 5.32 Å². The molecular formula is C17H23NO4. The van der Waals surface area contributed by atoms with Gasteiger partial charge in [-0.1, -0.05) is 19.3 Å². The van der Waals surface area contributed by atoms with Crippen molar-refractivity contribution in [3.63, 3.8) is 0 Å². The van der Waals surface area contributed by atoms with Crippen LogP contribution < -0.4 is 10.1 Å². The molecule has 1 aliphatic rings. The molecule has 0 aromatic heterocycles. The quantitative estimate of drug-likeness (QED) is 0.820. The fourth-order valence-corrected chi connectivity index (χ4v) is 2.61. The first-order valence-corrected chi connectivity index (χ1v) is 7.77. The topological polar surface area (TPSA) is 64.6 Å². The second-order valence-electron chi connectivity index (χ2n) is 5.60. The van der Waals surface area contributed by atoms with Crippen molar-refractivity contribution < 1.29 is 19.1 Å². The third kappa shape index (κ3) is 5.06. The van der Waals surface area contributed by atoms with Crippen molar-refractivity contribution in [1.29, 1.82) is 0 Å². The van der Waals surface area contributed by atoms with Crippen molar-refractivity contribution in [1.82, 2.24) is 5.32 Å². The molecule has 1 amide bonds. The van der Waals surface area contributed by atoms with Crippen LogP contribution in [0.3, 0.4) is 0 Å². The van der Waals surface area contributed by atoms with Crippen molar-refractivity contribution in [2.45, 2.75) is 32.1 Å². The summed E-state index contributed by atoms with van der Waals surface area (Å²) in [7, 11) is 1.57. The van der Waals surface area contributed by atoms with Gasteiger partial charge in [-0.15, -0.1) is 0 Å². The summed E-state index contributed by atoms with van der Waals surface area (Å²) in [6.07, 6.45) is 5.98. The van der Waals surface area contributed by atoms with E-state index in [1.54, 1.807) is 31.4 Å². The molecular weight excluding hydrogens is 282 g/mol. The molecule has 0 atom stereocenters. The molecule has 5 nitrogen and oxygen atoms in total. The first-order valence-electron chi connectivity index (χ1n) is 7.77. The van der Waals surface area contributed by atoms with Crippen LogP contribution in [0.5, 0.6) is 5.75 Å². The molecule has 2 rings (SSSR count). The number of methoxy groups -OCH3 is 1. The number of esters is 1. The van der Waals surface area contributed by atoms with Crippen LogP contribution in [-0.2, 0) is 9.53 Å². The lowest BCUT2D eigenvalue weighted by atomic mass is 9.90. The summed E-state index contributed by atoms with van der Waals surface area (Å²) >= 11 is 0. The highest BCUT2D eigenvalue weighted by atomic mass is 16.5. The van der Waals surface area contributed by atoms with E-state index in [9.17, 15) is 9.59 Å². The van der Waals surface area contributed by atoms with Gasteiger partial charge >= 0.3 is 5.97 Å². The maximum absolute atomic E-state index is 11.9. The van der Waals surface area contributed by atoms with Crippen LogP contribution in [0.1, 0.15) is 42.5 Å². The Labute approximate surface area is 131 Å². The molecule has 0 spiro atoms. The zero-order valence-electron chi connectivity index (χ0n) is 13.0. The van der Waals surface area contributed by atoms with Crippen LogP contribution in [-0.4, -0.2) is 32.1 Å². The van der Waals surface area contributed by atoms with Crippen molar-refractivity contribution in [2.24, 2.45) is 5.92 Å². The fraction of sp³-hybridized carbons (Fsp3) is 0.529. The average Bonchev–Trinajstić information content (AvgIpc) is 2.58. The lowest BCUT2D eigenvalue weighted by Gasteiger charge is -2.21. The number of amides is 1. The average molecular weight is 305 g/mol. The Hall–Kier alpha value is -2.04. The Bertz CT molecular complexity index is 492. The molecule has 22 heavy (non-hydrogen) atoms. The highest BCUT2D eigenvalue weighted by Gasteiger charge is 2.16. The van der Waals surface area contributed by atoms with Crippen molar-refractivity contribution >= 4 is 11.9 Å². The number of carbonyl (C=O) groups excluding carboxylic acids is 2. The SMILES string of the molecule is COc1ccc(C(=O)NCC(=O)OCC2CCCCC2)cc1. The van der Waals surface area contributed by atoms with Gasteiger partial charge < -0.3 is 14.8 Å². The van der Waals surface area contributed by atoms with E-state index in [-0.39, 0.29) is 18.4 Å². The smallest absolute Gasteiger partial charge is 0.325 e. The van der Waals surface area contributed by atoms with Gasteiger partial charge in [0, 0.05) is 5.56 Å². The number of rotatable bonds is 6. The lowest BCUT2D eigenvalue weighted by Crippen LogP contribution is -2.31. The van der Waals surface area contributed by atoms with Gasteiger partial charge in [0.1, 0.15) is 12.3 Å². The zero-order valence-corrected chi connectivity index (χ0v) is 13.0.